The summed E-state index contributed by atoms with van der Waals surface area (Å²) in [6.07, 6.45) is 1.04. The van der Waals surface area contributed by atoms with Gasteiger partial charge in [0.25, 0.3) is 11.8 Å². The van der Waals surface area contributed by atoms with Gasteiger partial charge in [-0.1, -0.05) is 43.7 Å². The Morgan fingerprint density at radius 3 is 2.17 bits per heavy atom. The van der Waals surface area contributed by atoms with Crippen LogP contribution in [0.3, 0.4) is 0 Å². The highest BCUT2D eigenvalue weighted by Gasteiger charge is 2.44. The van der Waals surface area contributed by atoms with E-state index in [1.165, 1.54) is 0 Å². The van der Waals surface area contributed by atoms with E-state index in [9.17, 15) is 18.4 Å². The lowest BCUT2D eigenvalue weighted by atomic mass is 9.91. The number of imide groups is 1. The highest BCUT2D eigenvalue weighted by atomic mass is 19.1. The number of rotatable bonds is 3. The monoisotopic (exact) mass is 410 g/mol. The maximum Gasteiger partial charge on any atom is 0.282 e. The van der Waals surface area contributed by atoms with Crippen molar-refractivity contribution in [1.82, 2.24) is 4.90 Å². The number of piperidine rings is 1. The average molecular weight is 410 g/mol. The zero-order chi connectivity index (χ0) is 21.6. The van der Waals surface area contributed by atoms with Gasteiger partial charge in [0.15, 0.2) is 0 Å². The standard InChI is InChI=1S/C24H24F2N2O2/c1-14-4-6-17(7-5-14)21-22(27-12-15(2)10-16(3)13-27)24(30)28(23(21)29)20-11-18(25)8-9-19(20)26/h4-9,11,15-16H,10,12-13H2,1-3H3. The summed E-state index contributed by atoms with van der Waals surface area (Å²) in [5.74, 6) is -2.07. The van der Waals surface area contributed by atoms with Crippen LogP contribution in [0.4, 0.5) is 14.5 Å². The Labute approximate surface area is 174 Å². The number of likely N-dealkylation sites (tertiary alicyclic amines) is 1. The first-order valence-corrected chi connectivity index (χ1v) is 10.2. The van der Waals surface area contributed by atoms with Crippen LogP contribution in [0, 0.1) is 30.4 Å². The van der Waals surface area contributed by atoms with Crippen LogP contribution >= 0.6 is 0 Å². The summed E-state index contributed by atoms with van der Waals surface area (Å²) in [5.41, 5.74) is 1.77. The van der Waals surface area contributed by atoms with E-state index in [2.05, 4.69) is 13.8 Å². The van der Waals surface area contributed by atoms with Gasteiger partial charge in [0.05, 0.1) is 11.3 Å². The Hall–Kier alpha value is -3.02. The summed E-state index contributed by atoms with van der Waals surface area (Å²) in [6.45, 7) is 7.42. The number of hydrogen-bond donors (Lipinski definition) is 0. The highest BCUT2D eigenvalue weighted by Crippen LogP contribution is 2.38. The molecule has 2 amide bonds. The maximum absolute atomic E-state index is 14.5. The molecule has 30 heavy (non-hydrogen) atoms. The van der Waals surface area contributed by atoms with Gasteiger partial charge in [-0.25, -0.2) is 13.7 Å². The second-order valence-electron chi connectivity index (χ2n) is 8.48. The summed E-state index contributed by atoms with van der Waals surface area (Å²) in [7, 11) is 0. The number of benzene rings is 2. The van der Waals surface area contributed by atoms with Gasteiger partial charge < -0.3 is 4.90 Å². The number of hydrogen-bond acceptors (Lipinski definition) is 3. The van der Waals surface area contributed by atoms with E-state index in [4.69, 9.17) is 0 Å². The van der Waals surface area contributed by atoms with E-state index in [0.717, 1.165) is 35.1 Å². The quantitative estimate of drug-likeness (QED) is 0.698. The van der Waals surface area contributed by atoms with E-state index in [1.54, 1.807) is 12.1 Å². The molecule has 4 rings (SSSR count). The maximum atomic E-state index is 14.5. The third-order valence-corrected chi connectivity index (χ3v) is 5.73. The largest absolute Gasteiger partial charge is 0.366 e. The van der Waals surface area contributed by atoms with Crippen LogP contribution in [0.1, 0.15) is 31.4 Å². The van der Waals surface area contributed by atoms with Crippen molar-refractivity contribution in [3.05, 3.63) is 70.9 Å². The minimum Gasteiger partial charge on any atom is -0.366 e. The zero-order valence-electron chi connectivity index (χ0n) is 17.3. The van der Waals surface area contributed by atoms with Crippen molar-refractivity contribution in [2.75, 3.05) is 18.0 Å². The second kappa shape index (κ2) is 7.67. The molecule has 6 heteroatoms. The molecular weight excluding hydrogens is 386 g/mol. The molecule has 4 nitrogen and oxygen atoms in total. The van der Waals surface area contributed by atoms with E-state index >= 15 is 0 Å². The number of amides is 2. The SMILES string of the molecule is Cc1ccc(C2=C(N3CC(C)CC(C)C3)C(=O)N(c3cc(F)ccc3F)C2=O)cc1. The van der Waals surface area contributed by atoms with Gasteiger partial charge in [0.1, 0.15) is 17.3 Å². The zero-order valence-corrected chi connectivity index (χ0v) is 17.3. The summed E-state index contributed by atoms with van der Waals surface area (Å²) >= 11 is 0. The average Bonchev–Trinajstić information content (AvgIpc) is 2.94. The Kier molecular flexibility index (Phi) is 5.18. The van der Waals surface area contributed by atoms with Gasteiger partial charge in [-0.15, -0.1) is 0 Å². The molecule has 0 N–H and O–H groups in total. The van der Waals surface area contributed by atoms with Gasteiger partial charge in [0.2, 0.25) is 0 Å². The lowest BCUT2D eigenvalue weighted by Crippen LogP contribution is -2.42. The number of nitrogens with zero attached hydrogens (tertiary/aromatic N) is 2. The molecule has 0 aromatic heterocycles. The Morgan fingerprint density at radius 2 is 1.53 bits per heavy atom. The van der Waals surface area contributed by atoms with Gasteiger partial charge >= 0.3 is 0 Å². The van der Waals surface area contributed by atoms with Crippen LogP contribution in [0.2, 0.25) is 0 Å². The van der Waals surface area contributed by atoms with Gasteiger partial charge in [0, 0.05) is 19.2 Å². The van der Waals surface area contributed by atoms with E-state index < -0.39 is 23.4 Å². The lowest BCUT2D eigenvalue weighted by Gasteiger charge is -2.37. The van der Waals surface area contributed by atoms with Crippen LogP contribution in [-0.4, -0.2) is 29.8 Å². The van der Waals surface area contributed by atoms with Crippen molar-refractivity contribution in [2.45, 2.75) is 27.2 Å². The smallest absolute Gasteiger partial charge is 0.282 e. The molecule has 2 unspecified atom stereocenters. The molecule has 2 aliphatic heterocycles. The number of halogens is 2. The molecule has 2 aromatic carbocycles. The predicted octanol–water partition coefficient (Wildman–Crippen LogP) is 4.54. The topological polar surface area (TPSA) is 40.6 Å². The van der Waals surface area contributed by atoms with Crippen molar-refractivity contribution in [3.8, 4) is 0 Å². The van der Waals surface area contributed by atoms with Gasteiger partial charge in [-0.05, 0) is 42.9 Å². The molecule has 2 heterocycles. The summed E-state index contributed by atoms with van der Waals surface area (Å²) in [5, 5.41) is 0. The number of aryl methyl sites for hydroxylation is 1. The van der Waals surface area contributed by atoms with Crippen molar-refractivity contribution < 1.29 is 18.4 Å². The molecule has 2 atom stereocenters. The predicted molar refractivity (Wildman–Crippen MR) is 111 cm³/mol. The molecule has 0 saturated carbocycles. The molecule has 0 aliphatic carbocycles. The normalized spacial score (nSPS) is 22.3. The molecule has 2 aromatic rings. The Morgan fingerprint density at radius 1 is 0.900 bits per heavy atom. The third-order valence-electron chi connectivity index (χ3n) is 5.73. The molecule has 0 bridgehead atoms. The minimum absolute atomic E-state index is 0.241. The van der Waals surface area contributed by atoms with Crippen LogP contribution in [0.5, 0.6) is 0 Å². The summed E-state index contributed by atoms with van der Waals surface area (Å²) in [6, 6.07) is 10.1. The van der Waals surface area contributed by atoms with Crippen molar-refractivity contribution in [1.29, 1.82) is 0 Å². The van der Waals surface area contributed by atoms with Crippen LogP contribution < -0.4 is 4.90 Å². The molecule has 0 spiro atoms. The fourth-order valence-electron chi connectivity index (χ4n) is 4.51. The number of anilines is 1. The summed E-state index contributed by atoms with van der Waals surface area (Å²) < 4.78 is 28.3. The summed E-state index contributed by atoms with van der Waals surface area (Å²) in [4.78, 5) is 29.6. The minimum atomic E-state index is -0.817. The first kappa shape index (κ1) is 20.3. The second-order valence-corrected chi connectivity index (χ2v) is 8.48. The van der Waals surface area contributed by atoms with E-state index in [1.807, 2.05) is 24.0 Å². The lowest BCUT2D eigenvalue weighted by molar-refractivity contribution is -0.121. The van der Waals surface area contributed by atoms with E-state index in [-0.39, 0.29) is 17.0 Å². The molecule has 1 saturated heterocycles. The van der Waals surface area contributed by atoms with Crippen LogP contribution in [-0.2, 0) is 9.59 Å². The molecule has 2 aliphatic rings. The third kappa shape index (κ3) is 3.51. The van der Waals surface area contributed by atoms with Gasteiger partial charge in [-0.3, -0.25) is 9.59 Å². The molecular formula is C24H24F2N2O2. The number of carbonyl (C=O) groups is 2. The van der Waals surface area contributed by atoms with Crippen molar-refractivity contribution in [3.63, 3.8) is 0 Å². The molecule has 1 fully saturated rings. The van der Waals surface area contributed by atoms with E-state index in [0.29, 0.717) is 30.5 Å². The Balaban J connectivity index is 1.86. The molecule has 0 radical (unpaired) electrons. The Bertz CT molecular complexity index is 1040. The first-order chi connectivity index (χ1) is 14.3. The first-order valence-electron chi connectivity index (χ1n) is 10.2. The van der Waals surface area contributed by atoms with Crippen molar-refractivity contribution in [2.24, 2.45) is 11.8 Å². The molecule has 156 valence electrons. The highest BCUT2D eigenvalue weighted by molar-refractivity contribution is 6.45. The number of carbonyl (C=O) groups excluding carboxylic acids is 2. The van der Waals surface area contributed by atoms with Crippen molar-refractivity contribution >= 4 is 23.1 Å². The van der Waals surface area contributed by atoms with Crippen LogP contribution in [0.15, 0.2) is 48.2 Å². The fourth-order valence-corrected chi connectivity index (χ4v) is 4.51. The fraction of sp³-hybridized carbons (Fsp3) is 0.333. The van der Waals surface area contributed by atoms with Crippen LogP contribution in [0.25, 0.3) is 5.57 Å². The van der Waals surface area contributed by atoms with Gasteiger partial charge in [-0.2, -0.15) is 0 Å².